The van der Waals surface area contributed by atoms with Crippen LogP contribution in [0, 0.1) is 0 Å². The average molecular weight is 123 g/mol. The highest BCUT2D eigenvalue weighted by molar-refractivity contribution is 5.55. The topological polar surface area (TPSA) is 29.4 Å². The Kier molecular flexibility index (Phi) is 4.32. The molecule has 0 atom stereocenters. The van der Waals surface area contributed by atoms with Gasteiger partial charge in [0.15, 0.2) is 0 Å². The molecule has 0 radical (unpaired) electrons. The molecule has 0 aromatic rings. The van der Waals surface area contributed by atoms with Crippen LogP contribution in [0.3, 0.4) is 0 Å². The van der Waals surface area contributed by atoms with Crippen molar-refractivity contribution in [2.75, 3.05) is 0 Å². The maximum atomic E-state index is 9.89. The molecule has 2 nitrogen and oxygen atoms in total. The van der Waals surface area contributed by atoms with Gasteiger partial charge in [0.05, 0.1) is 0 Å². The van der Waals surface area contributed by atoms with Gasteiger partial charge in [0.1, 0.15) is 6.29 Å². The average Bonchev–Trinajstić information content (AvgIpc) is 1.88. The maximum Gasteiger partial charge on any atom is 0.125 e. The lowest BCUT2D eigenvalue weighted by atomic mass is 10.3. The van der Waals surface area contributed by atoms with E-state index in [1.165, 1.54) is 0 Å². The van der Waals surface area contributed by atoms with Crippen molar-refractivity contribution in [3.05, 3.63) is 24.4 Å². The second-order valence-electron chi connectivity index (χ2n) is 1.42. The largest absolute Gasteiger partial charge is 0.303 e. The van der Waals surface area contributed by atoms with Gasteiger partial charge >= 0.3 is 0 Å². The lowest BCUT2D eigenvalue weighted by Gasteiger charge is -1.88. The van der Waals surface area contributed by atoms with Crippen LogP contribution in [0.2, 0.25) is 0 Å². The fourth-order valence-electron chi connectivity index (χ4n) is 0.407. The molecule has 48 valence electrons. The van der Waals surface area contributed by atoms with Crippen LogP contribution in [0.1, 0.15) is 6.42 Å². The van der Waals surface area contributed by atoms with E-state index in [4.69, 9.17) is 0 Å². The summed E-state index contributed by atoms with van der Waals surface area (Å²) in [5.74, 6) is 0. The molecule has 2 heteroatoms. The minimum absolute atomic E-state index is 0.315. The van der Waals surface area contributed by atoms with Gasteiger partial charge in [0.25, 0.3) is 0 Å². The number of hydrogen-bond acceptors (Lipinski definition) is 2. The predicted octanol–water partition coefficient (Wildman–Crippen LogP) is 1.35. The molecular weight excluding hydrogens is 114 g/mol. The summed E-state index contributed by atoms with van der Waals surface area (Å²) in [7, 11) is 0. The summed E-state index contributed by atoms with van der Waals surface area (Å²) in [6.45, 7) is 6.72. The zero-order valence-corrected chi connectivity index (χ0v) is 5.21. The standard InChI is InChI=1S/C7H9NO/c1-3-4-7(8-2)5-6-9/h3-4,6H,1-2,5H2/b7-4-. The molecule has 0 amide bonds. The normalized spacial score (nSPS) is 10.4. The summed E-state index contributed by atoms with van der Waals surface area (Å²) in [6, 6.07) is 0. The third-order valence-corrected chi connectivity index (χ3v) is 0.806. The molecule has 0 saturated carbocycles. The van der Waals surface area contributed by atoms with E-state index in [9.17, 15) is 4.79 Å². The van der Waals surface area contributed by atoms with Crippen molar-refractivity contribution in [3.63, 3.8) is 0 Å². The van der Waals surface area contributed by atoms with Gasteiger partial charge in [-0.05, 0) is 12.8 Å². The highest BCUT2D eigenvalue weighted by Crippen LogP contribution is 1.98. The molecule has 0 spiro atoms. The molecule has 0 bridgehead atoms. The van der Waals surface area contributed by atoms with Gasteiger partial charge in [-0.25, -0.2) is 0 Å². The number of aliphatic imine (C=N–C) groups is 1. The molecule has 0 rings (SSSR count). The van der Waals surface area contributed by atoms with Crippen molar-refractivity contribution in [3.8, 4) is 0 Å². The molecule has 0 aliphatic rings. The molecule has 0 heterocycles. The fraction of sp³-hybridized carbons (Fsp3) is 0.143. The lowest BCUT2D eigenvalue weighted by molar-refractivity contribution is -0.107. The van der Waals surface area contributed by atoms with E-state index in [1.54, 1.807) is 12.2 Å². The quantitative estimate of drug-likeness (QED) is 0.315. The van der Waals surface area contributed by atoms with Crippen LogP contribution < -0.4 is 0 Å². The summed E-state index contributed by atoms with van der Waals surface area (Å²) >= 11 is 0. The van der Waals surface area contributed by atoms with E-state index < -0.39 is 0 Å². The third-order valence-electron chi connectivity index (χ3n) is 0.806. The zero-order chi connectivity index (χ0) is 7.11. The van der Waals surface area contributed by atoms with Crippen LogP contribution in [0.4, 0.5) is 0 Å². The monoisotopic (exact) mass is 123 g/mol. The van der Waals surface area contributed by atoms with E-state index in [-0.39, 0.29) is 0 Å². The first-order valence-corrected chi connectivity index (χ1v) is 2.57. The van der Waals surface area contributed by atoms with Crippen molar-refractivity contribution >= 4 is 13.0 Å². The molecule has 0 aromatic carbocycles. The first-order valence-electron chi connectivity index (χ1n) is 2.57. The van der Waals surface area contributed by atoms with E-state index >= 15 is 0 Å². The molecule has 0 aliphatic carbocycles. The van der Waals surface area contributed by atoms with Crippen molar-refractivity contribution < 1.29 is 4.79 Å². The van der Waals surface area contributed by atoms with E-state index in [0.717, 1.165) is 6.29 Å². The van der Waals surface area contributed by atoms with E-state index in [1.807, 2.05) is 0 Å². The minimum atomic E-state index is 0.315. The Morgan fingerprint density at radius 1 is 1.67 bits per heavy atom. The molecule has 0 aliphatic heterocycles. The molecular formula is C7H9NO. The van der Waals surface area contributed by atoms with Gasteiger partial charge in [-0.2, -0.15) is 0 Å². The first kappa shape index (κ1) is 7.82. The Labute approximate surface area is 54.6 Å². The molecule has 0 aromatic heterocycles. The van der Waals surface area contributed by atoms with Crippen LogP contribution in [-0.2, 0) is 4.79 Å². The molecule has 0 unspecified atom stereocenters. The van der Waals surface area contributed by atoms with Crippen molar-refractivity contribution in [2.24, 2.45) is 4.99 Å². The van der Waals surface area contributed by atoms with E-state index in [2.05, 4.69) is 18.3 Å². The number of allylic oxidation sites excluding steroid dienone is 3. The number of nitrogens with zero attached hydrogens (tertiary/aromatic N) is 1. The van der Waals surface area contributed by atoms with E-state index in [0.29, 0.717) is 12.1 Å². The summed E-state index contributed by atoms with van der Waals surface area (Å²) in [6.07, 6.45) is 4.33. The summed E-state index contributed by atoms with van der Waals surface area (Å²) < 4.78 is 0. The summed E-state index contributed by atoms with van der Waals surface area (Å²) in [5.41, 5.74) is 0.653. The molecule has 9 heavy (non-hydrogen) atoms. The Morgan fingerprint density at radius 3 is 2.67 bits per heavy atom. The Bertz CT molecular complexity index is 147. The van der Waals surface area contributed by atoms with Crippen molar-refractivity contribution in [1.82, 2.24) is 0 Å². The Morgan fingerprint density at radius 2 is 2.33 bits per heavy atom. The van der Waals surface area contributed by atoms with Gasteiger partial charge in [-0.3, -0.25) is 4.99 Å². The predicted molar refractivity (Wildman–Crippen MR) is 38.5 cm³/mol. The molecule has 0 N–H and O–H groups in total. The number of carbonyl (C=O) groups excluding carboxylic acids is 1. The Balaban J connectivity index is 3.95. The smallest absolute Gasteiger partial charge is 0.125 e. The summed E-state index contributed by atoms with van der Waals surface area (Å²) in [5, 5.41) is 0. The van der Waals surface area contributed by atoms with Crippen LogP contribution in [0.25, 0.3) is 0 Å². The molecule has 0 saturated heterocycles. The highest BCUT2D eigenvalue weighted by atomic mass is 16.1. The SMILES string of the molecule is C=C/C=C(/CC=O)N=C. The molecule has 0 fully saturated rings. The number of rotatable bonds is 4. The fourth-order valence-corrected chi connectivity index (χ4v) is 0.407. The van der Waals surface area contributed by atoms with Crippen LogP contribution >= 0.6 is 0 Å². The lowest BCUT2D eigenvalue weighted by Crippen LogP contribution is -1.77. The minimum Gasteiger partial charge on any atom is -0.303 e. The second-order valence-corrected chi connectivity index (χ2v) is 1.42. The van der Waals surface area contributed by atoms with Gasteiger partial charge in [-0.15, -0.1) is 0 Å². The van der Waals surface area contributed by atoms with Crippen LogP contribution in [0.5, 0.6) is 0 Å². The number of carbonyl (C=O) groups is 1. The van der Waals surface area contributed by atoms with Crippen LogP contribution in [-0.4, -0.2) is 13.0 Å². The number of hydrogen-bond donors (Lipinski definition) is 0. The van der Waals surface area contributed by atoms with Gasteiger partial charge < -0.3 is 4.79 Å². The first-order chi connectivity index (χ1) is 4.35. The van der Waals surface area contributed by atoms with Crippen molar-refractivity contribution in [2.45, 2.75) is 6.42 Å². The van der Waals surface area contributed by atoms with Gasteiger partial charge in [0, 0.05) is 12.1 Å². The highest BCUT2D eigenvalue weighted by Gasteiger charge is 1.86. The van der Waals surface area contributed by atoms with Crippen molar-refractivity contribution in [1.29, 1.82) is 0 Å². The van der Waals surface area contributed by atoms with Gasteiger partial charge in [-0.1, -0.05) is 12.7 Å². The summed E-state index contributed by atoms with van der Waals surface area (Å²) in [4.78, 5) is 13.5. The maximum absolute atomic E-state index is 9.89. The third kappa shape index (κ3) is 3.41. The number of aldehydes is 1. The Hall–Kier alpha value is -1.18. The zero-order valence-electron chi connectivity index (χ0n) is 5.21. The second kappa shape index (κ2) is 4.97. The van der Waals surface area contributed by atoms with Gasteiger partial charge in [0.2, 0.25) is 0 Å². The van der Waals surface area contributed by atoms with Crippen LogP contribution in [0.15, 0.2) is 29.4 Å².